The van der Waals surface area contributed by atoms with E-state index in [0.717, 1.165) is 38.5 Å². The Morgan fingerprint density at radius 2 is 1.15 bits per heavy atom. The van der Waals surface area contributed by atoms with Gasteiger partial charge in [0.15, 0.2) is 0 Å². The molecule has 0 radical (unpaired) electrons. The third-order valence-corrected chi connectivity index (χ3v) is 2.41. The van der Waals surface area contributed by atoms with Gasteiger partial charge in [-0.25, -0.2) is 20.4 Å². The average molecular weight is 290 g/mol. The van der Waals surface area contributed by atoms with Crippen LogP contribution in [0.15, 0.2) is 0 Å². The van der Waals surface area contributed by atoms with Gasteiger partial charge in [-0.2, -0.15) is 0 Å². The fraction of sp³-hybridized carbons (Fsp3) is 0.833. The first-order valence-corrected chi connectivity index (χ1v) is 7.10. The molecule has 0 aliphatic rings. The highest BCUT2D eigenvalue weighted by molar-refractivity contribution is 6.29. The van der Waals surface area contributed by atoms with Crippen molar-refractivity contribution in [3.63, 3.8) is 0 Å². The van der Waals surface area contributed by atoms with Crippen LogP contribution in [0.2, 0.25) is 0 Å². The van der Waals surface area contributed by atoms with Gasteiger partial charge in [0.1, 0.15) is 0 Å². The lowest BCUT2D eigenvalue weighted by Crippen LogP contribution is -2.41. The maximum Gasteiger partial charge on any atom is 0.439 e. The summed E-state index contributed by atoms with van der Waals surface area (Å²) in [4.78, 5) is 31.1. The maximum atomic E-state index is 11.1. The van der Waals surface area contributed by atoms with Gasteiger partial charge in [0, 0.05) is 13.1 Å². The molecule has 0 aromatic rings. The van der Waals surface area contributed by atoms with E-state index < -0.39 is 11.9 Å². The lowest BCUT2D eigenvalue weighted by atomic mass is 10.3. The minimum Gasteiger partial charge on any atom is -0.346 e. The number of nitrogens with one attached hydrogen (secondary N) is 4. The highest BCUT2D eigenvalue weighted by atomic mass is 16.8. The number of carbonyl (C=O) groups is 2. The Balaban J connectivity index is 3.40. The van der Waals surface area contributed by atoms with Gasteiger partial charge in [0.05, 0.1) is 0 Å². The van der Waals surface area contributed by atoms with Crippen molar-refractivity contribution in [2.24, 2.45) is 0 Å². The van der Waals surface area contributed by atoms with Crippen molar-refractivity contribution >= 4 is 11.9 Å². The molecule has 0 aromatic heterocycles. The van der Waals surface area contributed by atoms with Gasteiger partial charge in [-0.05, 0) is 12.8 Å². The molecule has 4 N–H and O–H groups in total. The summed E-state index contributed by atoms with van der Waals surface area (Å²) in [6, 6.07) is 0. The number of rotatable bonds is 12. The predicted octanol–water partition coefficient (Wildman–Crippen LogP) is 0.472. The zero-order valence-corrected chi connectivity index (χ0v) is 12.3. The van der Waals surface area contributed by atoms with Crippen molar-refractivity contribution in [3.8, 4) is 0 Å². The SMILES string of the molecule is CCCCCNNOC(=O)C(=O)ONNCCCCC. The lowest BCUT2D eigenvalue weighted by Gasteiger charge is -2.08. The zero-order valence-electron chi connectivity index (χ0n) is 12.3. The van der Waals surface area contributed by atoms with Gasteiger partial charge >= 0.3 is 11.9 Å². The third-order valence-electron chi connectivity index (χ3n) is 2.41. The Morgan fingerprint density at radius 1 is 0.750 bits per heavy atom. The van der Waals surface area contributed by atoms with Crippen LogP contribution in [0.3, 0.4) is 0 Å². The van der Waals surface area contributed by atoms with Gasteiger partial charge in [0.25, 0.3) is 0 Å². The summed E-state index contributed by atoms with van der Waals surface area (Å²) in [5.41, 5.74) is 9.71. The van der Waals surface area contributed by atoms with E-state index in [0.29, 0.717) is 13.1 Å². The molecule has 8 heteroatoms. The van der Waals surface area contributed by atoms with Gasteiger partial charge in [-0.3, -0.25) is 0 Å². The highest BCUT2D eigenvalue weighted by Gasteiger charge is 2.17. The Hall–Kier alpha value is -1.22. The molecule has 0 aliphatic heterocycles. The molecule has 0 saturated heterocycles. The van der Waals surface area contributed by atoms with Gasteiger partial charge < -0.3 is 9.68 Å². The second kappa shape index (κ2) is 14.2. The predicted molar refractivity (Wildman–Crippen MR) is 73.5 cm³/mol. The van der Waals surface area contributed by atoms with Crippen molar-refractivity contribution in [1.29, 1.82) is 0 Å². The normalized spacial score (nSPS) is 10.3. The Bertz CT molecular complexity index is 238. The first kappa shape index (κ1) is 18.8. The molecule has 0 spiro atoms. The van der Waals surface area contributed by atoms with E-state index in [1.807, 2.05) is 0 Å². The summed E-state index contributed by atoms with van der Waals surface area (Å²) in [6.07, 6.45) is 6.27. The van der Waals surface area contributed by atoms with Crippen molar-refractivity contribution in [1.82, 2.24) is 22.0 Å². The van der Waals surface area contributed by atoms with E-state index in [-0.39, 0.29) is 0 Å². The zero-order chi connectivity index (χ0) is 15.1. The van der Waals surface area contributed by atoms with Crippen molar-refractivity contribution < 1.29 is 19.3 Å². The van der Waals surface area contributed by atoms with E-state index in [4.69, 9.17) is 0 Å². The average Bonchev–Trinajstić information content (AvgIpc) is 2.45. The molecule has 0 amide bonds. The van der Waals surface area contributed by atoms with Crippen LogP contribution >= 0.6 is 0 Å². The molecule has 0 unspecified atom stereocenters. The molecular formula is C12H26N4O4. The first-order valence-electron chi connectivity index (χ1n) is 7.10. The van der Waals surface area contributed by atoms with Crippen LogP contribution in [0.25, 0.3) is 0 Å². The van der Waals surface area contributed by atoms with Gasteiger partial charge in [-0.1, -0.05) is 50.7 Å². The number of hydrazine groups is 2. The quantitative estimate of drug-likeness (QED) is 0.234. The van der Waals surface area contributed by atoms with Crippen LogP contribution in [0.5, 0.6) is 0 Å². The van der Waals surface area contributed by atoms with Crippen LogP contribution in [0, 0.1) is 0 Å². The number of hydrogen-bond donors (Lipinski definition) is 4. The van der Waals surface area contributed by atoms with Crippen LogP contribution in [-0.2, 0) is 19.3 Å². The molecule has 20 heavy (non-hydrogen) atoms. The molecule has 118 valence electrons. The van der Waals surface area contributed by atoms with Crippen LogP contribution in [-0.4, -0.2) is 25.0 Å². The summed E-state index contributed by atoms with van der Waals surface area (Å²) in [7, 11) is 0. The molecule has 0 rings (SSSR count). The van der Waals surface area contributed by atoms with Crippen LogP contribution in [0.1, 0.15) is 52.4 Å². The summed E-state index contributed by atoms with van der Waals surface area (Å²) in [6.45, 7) is 5.47. The van der Waals surface area contributed by atoms with Crippen LogP contribution in [0.4, 0.5) is 0 Å². The lowest BCUT2D eigenvalue weighted by molar-refractivity contribution is -0.179. The minimum absolute atomic E-state index is 0.646. The second-order valence-corrected chi connectivity index (χ2v) is 4.25. The maximum absolute atomic E-state index is 11.1. The number of hydrogen-bond acceptors (Lipinski definition) is 8. The van der Waals surface area contributed by atoms with E-state index >= 15 is 0 Å². The summed E-state index contributed by atoms with van der Waals surface area (Å²) in [5.74, 6) is -2.26. The highest BCUT2D eigenvalue weighted by Crippen LogP contribution is 1.90. The molecule has 0 heterocycles. The Labute approximate surface area is 119 Å². The number of carbonyl (C=O) groups excluding carboxylic acids is 2. The van der Waals surface area contributed by atoms with Crippen molar-refractivity contribution in [2.75, 3.05) is 13.1 Å². The van der Waals surface area contributed by atoms with E-state index in [1.165, 1.54) is 0 Å². The molecular weight excluding hydrogens is 264 g/mol. The van der Waals surface area contributed by atoms with E-state index in [2.05, 4.69) is 45.6 Å². The monoisotopic (exact) mass is 290 g/mol. The smallest absolute Gasteiger partial charge is 0.346 e. The van der Waals surface area contributed by atoms with E-state index in [9.17, 15) is 9.59 Å². The molecule has 0 fully saturated rings. The largest absolute Gasteiger partial charge is 0.439 e. The molecule has 0 atom stereocenters. The van der Waals surface area contributed by atoms with Crippen molar-refractivity contribution in [2.45, 2.75) is 52.4 Å². The fourth-order valence-electron chi connectivity index (χ4n) is 1.28. The molecule has 0 bridgehead atoms. The first-order chi connectivity index (χ1) is 9.72. The van der Waals surface area contributed by atoms with Gasteiger partial charge in [-0.15, -0.1) is 0 Å². The third kappa shape index (κ3) is 11.8. The summed E-state index contributed by atoms with van der Waals surface area (Å²) in [5, 5.41) is 0. The topological polar surface area (TPSA) is 101 Å². The molecule has 8 nitrogen and oxygen atoms in total. The molecule has 0 aliphatic carbocycles. The molecule has 0 aromatic carbocycles. The Morgan fingerprint density at radius 3 is 1.50 bits per heavy atom. The van der Waals surface area contributed by atoms with Crippen molar-refractivity contribution in [3.05, 3.63) is 0 Å². The fourth-order valence-corrected chi connectivity index (χ4v) is 1.28. The Kier molecular flexibility index (Phi) is 13.3. The second-order valence-electron chi connectivity index (χ2n) is 4.25. The van der Waals surface area contributed by atoms with E-state index in [1.54, 1.807) is 0 Å². The van der Waals surface area contributed by atoms with Gasteiger partial charge in [0.2, 0.25) is 0 Å². The summed E-state index contributed by atoms with van der Waals surface area (Å²) >= 11 is 0. The van der Waals surface area contributed by atoms with Crippen LogP contribution < -0.4 is 22.0 Å². The molecule has 0 saturated carbocycles. The summed E-state index contributed by atoms with van der Waals surface area (Å²) < 4.78 is 0. The standard InChI is InChI=1S/C12H26N4O4/c1-3-5-7-9-13-15-19-11(17)12(18)20-16-14-10-8-6-4-2/h13-16H,3-10H2,1-2H3. The minimum atomic E-state index is -1.13. The number of unbranched alkanes of at least 4 members (excludes halogenated alkanes) is 4.